The van der Waals surface area contributed by atoms with E-state index in [0.717, 1.165) is 93.9 Å². The molecule has 12 rings (SSSR count). The lowest BCUT2D eigenvalue weighted by Gasteiger charge is -2.13. The third kappa shape index (κ3) is 5.04. The van der Waals surface area contributed by atoms with Crippen LogP contribution in [0.3, 0.4) is 0 Å². The van der Waals surface area contributed by atoms with Gasteiger partial charge in [0.15, 0.2) is 17.5 Å². The minimum atomic E-state index is 0.603. The van der Waals surface area contributed by atoms with E-state index >= 15 is 0 Å². The van der Waals surface area contributed by atoms with E-state index in [1.807, 2.05) is 54.6 Å². The SMILES string of the molecule is c1ccc(-c2ccc(-c3nc(-c4ccccc4)nc(-c4ccc5c(c4)c4c6ccccc6ccc4n5-c4nc5ccccc5c5nc6ccccc6n45)n3)cc2)cc1. The van der Waals surface area contributed by atoms with Crippen molar-refractivity contribution in [2.45, 2.75) is 0 Å². The molecule has 7 heteroatoms. The molecule has 0 N–H and O–H groups in total. The monoisotopic (exact) mass is 741 g/mol. The van der Waals surface area contributed by atoms with Crippen molar-refractivity contribution >= 4 is 60.2 Å². The molecule has 0 bridgehead atoms. The molecule has 0 saturated heterocycles. The quantitative estimate of drug-likeness (QED) is 0.176. The second-order valence-corrected chi connectivity index (χ2v) is 14.6. The summed E-state index contributed by atoms with van der Waals surface area (Å²) in [5.74, 6) is 2.62. The van der Waals surface area contributed by atoms with E-state index in [1.54, 1.807) is 0 Å². The second-order valence-electron chi connectivity index (χ2n) is 14.6. The van der Waals surface area contributed by atoms with Crippen molar-refractivity contribution in [1.82, 2.24) is 33.9 Å². The average Bonchev–Trinajstić information content (AvgIpc) is 3.86. The normalized spacial score (nSPS) is 11.8. The minimum Gasteiger partial charge on any atom is -0.279 e. The molecule has 0 saturated carbocycles. The molecule has 8 aromatic carbocycles. The molecule has 0 aliphatic carbocycles. The van der Waals surface area contributed by atoms with Gasteiger partial charge in [-0.3, -0.25) is 8.97 Å². The number of aromatic nitrogens is 7. The fourth-order valence-corrected chi connectivity index (χ4v) is 8.41. The Morgan fingerprint density at radius 1 is 0.328 bits per heavy atom. The Morgan fingerprint density at radius 3 is 1.66 bits per heavy atom. The summed E-state index contributed by atoms with van der Waals surface area (Å²) in [5.41, 5.74) is 10.8. The van der Waals surface area contributed by atoms with Crippen molar-refractivity contribution in [2.24, 2.45) is 0 Å². The van der Waals surface area contributed by atoms with Crippen LogP contribution in [0.25, 0.3) is 111 Å². The number of para-hydroxylation sites is 3. The smallest absolute Gasteiger partial charge is 0.221 e. The highest BCUT2D eigenvalue weighted by Gasteiger charge is 2.22. The van der Waals surface area contributed by atoms with E-state index in [4.69, 9.17) is 24.9 Å². The van der Waals surface area contributed by atoms with Crippen LogP contribution in [-0.4, -0.2) is 33.9 Å². The van der Waals surface area contributed by atoms with Crippen LogP contribution in [0.15, 0.2) is 188 Å². The Morgan fingerprint density at radius 2 is 0.879 bits per heavy atom. The fraction of sp³-hybridized carbons (Fsp3) is 0. The zero-order valence-electron chi connectivity index (χ0n) is 31.0. The van der Waals surface area contributed by atoms with Crippen molar-refractivity contribution < 1.29 is 0 Å². The molecule has 270 valence electrons. The molecule has 58 heavy (non-hydrogen) atoms. The van der Waals surface area contributed by atoms with Crippen LogP contribution in [0.2, 0.25) is 0 Å². The summed E-state index contributed by atoms with van der Waals surface area (Å²) >= 11 is 0. The standard InChI is InChI=1S/C51H31N7/c1-3-13-32(14-4-1)33-23-25-36(26-24-33)48-54-47(35-16-5-2-6-17-35)55-49(56-48)37-28-29-43-40(31-37)46-38-18-8-7-15-34(38)27-30-45(46)57(43)51-53-41-20-10-9-19-39(41)50-52-42-21-11-12-22-44(42)58(50)51/h1-31H. The number of imidazole rings is 1. The largest absolute Gasteiger partial charge is 0.279 e. The third-order valence-corrected chi connectivity index (χ3v) is 11.2. The summed E-state index contributed by atoms with van der Waals surface area (Å²) in [6, 6.07) is 65.0. The average molecular weight is 742 g/mol. The molecule has 0 fully saturated rings. The molecule has 0 aliphatic heterocycles. The topological polar surface area (TPSA) is 73.8 Å². The molecular weight excluding hydrogens is 711 g/mol. The zero-order chi connectivity index (χ0) is 38.2. The summed E-state index contributed by atoms with van der Waals surface area (Å²) in [7, 11) is 0. The molecule has 0 radical (unpaired) electrons. The van der Waals surface area contributed by atoms with Gasteiger partial charge in [0.05, 0.1) is 27.6 Å². The first-order chi connectivity index (χ1) is 28.7. The number of benzene rings is 8. The predicted molar refractivity (Wildman–Crippen MR) is 235 cm³/mol. The van der Waals surface area contributed by atoms with E-state index in [9.17, 15) is 0 Å². The Balaban J connectivity index is 1.12. The summed E-state index contributed by atoms with van der Waals surface area (Å²) in [4.78, 5) is 25.9. The van der Waals surface area contributed by atoms with Gasteiger partial charge in [0.1, 0.15) is 5.65 Å². The van der Waals surface area contributed by atoms with Crippen LogP contribution in [0.4, 0.5) is 0 Å². The minimum absolute atomic E-state index is 0.603. The Labute approximate surface area is 332 Å². The summed E-state index contributed by atoms with van der Waals surface area (Å²) < 4.78 is 4.49. The van der Waals surface area contributed by atoms with E-state index < -0.39 is 0 Å². The maximum Gasteiger partial charge on any atom is 0.221 e. The molecule has 7 nitrogen and oxygen atoms in total. The third-order valence-electron chi connectivity index (χ3n) is 11.2. The van der Waals surface area contributed by atoms with E-state index in [0.29, 0.717) is 17.5 Å². The molecule has 4 aromatic heterocycles. The lowest BCUT2D eigenvalue weighted by atomic mass is 10.0. The van der Waals surface area contributed by atoms with E-state index in [1.165, 1.54) is 0 Å². The van der Waals surface area contributed by atoms with Gasteiger partial charge in [0.25, 0.3) is 0 Å². The highest BCUT2D eigenvalue weighted by molar-refractivity contribution is 6.22. The van der Waals surface area contributed by atoms with Crippen molar-refractivity contribution in [3.63, 3.8) is 0 Å². The highest BCUT2D eigenvalue weighted by Crippen LogP contribution is 2.40. The van der Waals surface area contributed by atoms with Gasteiger partial charge < -0.3 is 0 Å². The lowest BCUT2D eigenvalue weighted by Crippen LogP contribution is -2.06. The predicted octanol–water partition coefficient (Wildman–Crippen LogP) is 12.1. The Hall–Kier alpha value is -8.03. The maximum absolute atomic E-state index is 5.40. The molecule has 12 aromatic rings. The molecule has 0 atom stereocenters. The number of hydrogen-bond acceptors (Lipinski definition) is 5. The van der Waals surface area contributed by atoms with E-state index in [-0.39, 0.29) is 0 Å². The van der Waals surface area contributed by atoms with Crippen LogP contribution >= 0.6 is 0 Å². The molecule has 0 unspecified atom stereocenters. The van der Waals surface area contributed by atoms with Crippen molar-refractivity contribution in [3.05, 3.63) is 188 Å². The van der Waals surface area contributed by atoms with Crippen molar-refractivity contribution in [3.8, 4) is 51.2 Å². The Kier molecular flexibility index (Phi) is 7.09. The number of fused-ring (bicyclic) bond motifs is 10. The first-order valence-corrected chi connectivity index (χ1v) is 19.4. The summed E-state index contributed by atoms with van der Waals surface area (Å²) in [5, 5.41) is 5.54. The second kappa shape index (κ2) is 12.8. The molecule has 4 heterocycles. The molecule has 0 aliphatic rings. The van der Waals surface area contributed by atoms with Gasteiger partial charge in [0.2, 0.25) is 5.95 Å². The van der Waals surface area contributed by atoms with E-state index in [2.05, 4.69) is 142 Å². The zero-order valence-corrected chi connectivity index (χ0v) is 31.0. The maximum atomic E-state index is 5.40. The van der Waals surface area contributed by atoms with Gasteiger partial charge in [-0.1, -0.05) is 140 Å². The molecule has 0 amide bonds. The van der Waals surface area contributed by atoms with Gasteiger partial charge in [-0.25, -0.2) is 24.9 Å². The fourth-order valence-electron chi connectivity index (χ4n) is 8.41. The lowest BCUT2D eigenvalue weighted by molar-refractivity contribution is 0.979. The highest BCUT2D eigenvalue weighted by atomic mass is 15.2. The van der Waals surface area contributed by atoms with Crippen molar-refractivity contribution in [2.75, 3.05) is 0 Å². The van der Waals surface area contributed by atoms with Crippen LogP contribution in [0, 0.1) is 0 Å². The van der Waals surface area contributed by atoms with Gasteiger partial charge >= 0.3 is 0 Å². The van der Waals surface area contributed by atoms with Crippen molar-refractivity contribution in [1.29, 1.82) is 0 Å². The Bertz CT molecular complexity index is 3550. The van der Waals surface area contributed by atoms with Crippen LogP contribution in [0.1, 0.15) is 0 Å². The van der Waals surface area contributed by atoms with Gasteiger partial charge in [-0.05, 0) is 70.4 Å². The van der Waals surface area contributed by atoms with Gasteiger partial charge in [-0.2, -0.15) is 0 Å². The van der Waals surface area contributed by atoms with Gasteiger partial charge in [0, 0.05) is 32.8 Å². The van der Waals surface area contributed by atoms with Crippen LogP contribution in [-0.2, 0) is 0 Å². The molecule has 0 spiro atoms. The first kappa shape index (κ1) is 32.2. The number of nitrogens with zero attached hydrogens (tertiary/aromatic N) is 7. The summed E-state index contributed by atoms with van der Waals surface area (Å²) in [6.45, 7) is 0. The van der Waals surface area contributed by atoms with Gasteiger partial charge in [-0.15, -0.1) is 0 Å². The first-order valence-electron chi connectivity index (χ1n) is 19.4. The van der Waals surface area contributed by atoms with Crippen LogP contribution < -0.4 is 0 Å². The summed E-state index contributed by atoms with van der Waals surface area (Å²) in [6.07, 6.45) is 0. The molecular formula is C51H31N7. The van der Waals surface area contributed by atoms with Crippen LogP contribution in [0.5, 0.6) is 0 Å². The number of hydrogen-bond donors (Lipinski definition) is 0. The number of rotatable bonds is 5.